The molecule has 12 nitrogen and oxygen atoms in total. The molecular formula is C21H30N6O6. The van der Waals surface area contributed by atoms with Crippen LogP contribution in [0.5, 0.6) is 0 Å². The van der Waals surface area contributed by atoms with Gasteiger partial charge in [-0.2, -0.15) is 0 Å². The minimum atomic E-state index is -1.08. The molecule has 1 aromatic carbocycles. The Labute approximate surface area is 191 Å². The summed E-state index contributed by atoms with van der Waals surface area (Å²) >= 11 is 0. The van der Waals surface area contributed by atoms with Crippen molar-refractivity contribution in [3.05, 3.63) is 29.8 Å². The molecule has 1 atom stereocenters. The van der Waals surface area contributed by atoms with E-state index >= 15 is 0 Å². The standard InChI is InChI=1S/C21H30N6O6/c1-2-3-4-13-32-17(28)9-11-24-21(31)25-16-10-12-27(19(16)29)15-7-5-14(6-8-15)18(22)26-33-20(23)30/h5-8,16H,2-4,9-13H2,1H3,(H2,22,26)(H2,23,30)(H2,24,25,31)/t16-/m0/s1. The molecule has 4 amide bonds. The summed E-state index contributed by atoms with van der Waals surface area (Å²) in [6.07, 6.45) is 2.28. The predicted octanol–water partition coefficient (Wildman–Crippen LogP) is 0.930. The molecule has 1 heterocycles. The van der Waals surface area contributed by atoms with Crippen LogP contribution in [0.25, 0.3) is 0 Å². The SMILES string of the molecule is CCCCCOC(=O)CCNC(=O)N[C@H]1CCN(c2ccc(C(N)=NOC(N)=O)cc2)C1=O. The number of benzene rings is 1. The fourth-order valence-corrected chi connectivity index (χ4v) is 3.13. The third-order valence-corrected chi connectivity index (χ3v) is 4.85. The minimum absolute atomic E-state index is 0.0471. The monoisotopic (exact) mass is 462 g/mol. The van der Waals surface area contributed by atoms with E-state index in [-0.39, 0.29) is 30.7 Å². The lowest BCUT2D eigenvalue weighted by Gasteiger charge is -2.18. The highest BCUT2D eigenvalue weighted by Crippen LogP contribution is 2.22. The summed E-state index contributed by atoms with van der Waals surface area (Å²) in [6.45, 7) is 2.98. The van der Waals surface area contributed by atoms with Crippen molar-refractivity contribution in [3.63, 3.8) is 0 Å². The van der Waals surface area contributed by atoms with Gasteiger partial charge in [-0.15, -0.1) is 0 Å². The Kier molecular flexibility index (Phi) is 9.93. The summed E-state index contributed by atoms with van der Waals surface area (Å²) in [5.41, 5.74) is 11.6. The highest BCUT2D eigenvalue weighted by molar-refractivity contribution is 6.02. The zero-order chi connectivity index (χ0) is 24.2. The van der Waals surface area contributed by atoms with Gasteiger partial charge in [0, 0.05) is 24.3 Å². The Morgan fingerprint density at radius 3 is 2.58 bits per heavy atom. The lowest BCUT2D eigenvalue weighted by Crippen LogP contribution is -2.46. The Morgan fingerprint density at radius 2 is 1.91 bits per heavy atom. The first-order chi connectivity index (χ1) is 15.8. The van der Waals surface area contributed by atoms with Gasteiger partial charge >= 0.3 is 18.1 Å². The second-order valence-electron chi connectivity index (χ2n) is 7.34. The van der Waals surface area contributed by atoms with Crippen LogP contribution in [-0.2, 0) is 19.2 Å². The molecule has 1 aromatic rings. The van der Waals surface area contributed by atoms with Crippen LogP contribution >= 0.6 is 0 Å². The van der Waals surface area contributed by atoms with E-state index in [1.807, 2.05) is 0 Å². The van der Waals surface area contributed by atoms with Crippen LogP contribution in [0.15, 0.2) is 29.4 Å². The quantitative estimate of drug-likeness (QED) is 0.0943. The summed E-state index contributed by atoms with van der Waals surface area (Å²) in [7, 11) is 0. The van der Waals surface area contributed by atoms with Crippen LogP contribution < -0.4 is 27.0 Å². The molecule has 0 aliphatic carbocycles. The number of anilines is 1. The van der Waals surface area contributed by atoms with Gasteiger partial charge in [0.2, 0.25) is 5.91 Å². The van der Waals surface area contributed by atoms with E-state index < -0.39 is 18.2 Å². The molecule has 6 N–H and O–H groups in total. The molecule has 0 spiro atoms. The number of nitrogens with two attached hydrogens (primary N) is 2. The number of amides is 4. The molecule has 0 unspecified atom stereocenters. The maximum absolute atomic E-state index is 12.7. The summed E-state index contributed by atoms with van der Waals surface area (Å²) < 4.78 is 5.07. The lowest BCUT2D eigenvalue weighted by molar-refractivity contribution is -0.143. The fourth-order valence-electron chi connectivity index (χ4n) is 3.13. The summed E-state index contributed by atoms with van der Waals surface area (Å²) in [5, 5.41) is 8.58. The van der Waals surface area contributed by atoms with Crippen molar-refractivity contribution in [2.75, 3.05) is 24.6 Å². The molecular weight excluding hydrogens is 432 g/mol. The van der Waals surface area contributed by atoms with Crippen LogP contribution in [-0.4, -0.2) is 55.6 Å². The Balaban J connectivity index is 1.77. The normalized spacial score (nSPS) is 15.8. The maximum atomic E-state index is 12.7. The van der Waals surface area contributed by atoms with Crippen LogP contribution in [0.1, 0.15) is 44.6 Å². The smallest absolute Gasteiger partial charge is 0.430 e. The van der Waals surface area contributed by atoms with Gasteiger partial charge in [0.05, 0.1) is 13.0 Å². The molecule has 33 heavy (non-hydrogen) atoms. The molecule has 1 aliphatic rings. The lowest BCUT2D eigenvalue weighted by atomic mass is 10.2. The van der Waals surface area contributed by atoms with E-state index in [1.54, 1.807) is 24.3 Å². The van der Waals surface area contributed by atoms with E-state index in [0.717, 1.165) is 19.3 Å². The van der Waals surface area contributed by atoms with Crippen molar-refractivity contribution in [1.82, 2.24) is 10.6 Å². The van der Waals surface area contributed by atoms with Crippen LogP contribution in [0.2, 0.25) is 0 Å². The third kappa shape index (κ3) is 8.31. The number of ether oxygens (including phenoxy) is 1. The number of unbranched alkanes of at least 4 members (excludes halogenated alkanes) is 2. The molecule has 0 radical (unpaired) electrons. The van der Waals surface area contributed by atoms with E-state index in [1.165, 1.54) is 4.90 Å². The van der Waals surface area contributed by atoms with Gasteiger partial charge in [-0.1, -0.05) is 24.9 Å². The van der Waals surface area contributed by atoms with Crippen LogP contribution in [0.3, 0.4) is 0 Å². The third-order valence-electron chi connectivity index (χ3n) is 4.85. The number of rotatable bonds is 11. The van der Waals surface area contributed by atoms with Gasteiger partial charge in [0.25, 0.3) is 0 Å². The second-order valence-corrected chi connectivity index (χ2v) is 7.34. The number of urea groups is 1. The number of esters is 1. The number of nitrogens with one attached hydrogen (secondary N) is 2. The Bertz CT molecular complexity index is 873. The van der Waals surface area contributed by atoms with E-state index in [4.69, 9.17) is 16.2 Å². The zero-order valence-electron chi connectivity index (χ0n) is 18.5. The highest BCUT2D eigenvalue weighted by Gasteiger charge is 2.33. The molecule has 0 saturated carbocycles. The number of primary amides is 1. The molecule has 0 bridgehead atoms. The number of hydrogen-bond acceptors (Lipinski definition) is 7. The molecule has 180 valence electrons. The highest BCUT2D eigenvalue weighted by atomic mass is 16.7. The Hall–Kier alpha value is -3.83. The predicted molar refractivity (Wildman–Crippen MR) is 120 cm³/mol. The van der Waals surface area contributed by atoms with Crippen LogP contribution in [0, 0.1) is 0 Å². The summed E-state index contributed by atoms with van der Waals surface area (Å²) in [5.74, 6) is -0.675. The number of oxime groups is 1. The van der Waals surface area contributed by atoms with Gasteiger partial charge in [0.15, 0.2) is 5.84 Å². The van der Waals surface area contributed by atoms with E-state index in [0.29, 0.717) is 30.8 Å². The van der Waals surface area contributed by atoms with Crippen LogP contribution in [0.4, 0.5) is 15.3 Å². The molecule has 12 heteroatoms. The molecule has 1 saturated heterocycles. The summed E-state index contributed by atoms with van der Waals surface area (Å²) in [6, 6.07) is 5.34. The van der Waals surface area contributed by atoms with Crippen molar-refractivity contribution >= 4 is 35.5 Å². The number of amidine groups is 1. The average Bonchev–Trinajstić information content (AvgIpc) is 3.15. The second kappa shape index (κ2) is 12.9. The van der Waals surface area contributed by atoms with Crippen molar-refractivity contribution in [3.8, 4) is 0 Å². The zero-order valence-corrected chi connectivity index (χ0v) is 18.5. The van der Waals surface area contributed by atoms with Crippen molar-refractivity contribution in [2.45, 2.75) is 45.1 Å². The first-order valence-corrected chi connectivity index (χ1v) is 10.7. The Morgan fingerprint density at radius 1 is 1.18 bits per heavy atom. The first-order valence-electron chi connectivity index (χ1n) is 10.7. The molecule has 1 fully saturated rings. The van der Waals surface area contributed by atoms with Crippen molar-refractivity contribution < 1.29 is 28.8 Å². The number of hydrogen-bond donors (Lipinski definition) is 4. The number of nitrogens with zero attached hydrogens (tertiary/aromatic N) is 2. The maximum Gasteiger partial charge on any atom is 0.430 e. The average molecular weight is 463 g/mol. The number of carbonyl (C=O) groups excluding carboxylic acids is 4. The van der Waals surface area contributed by atoms with Gasteiger partial charge < -0.3 is 31.7 Å². The minimum Gasteiger partial charge on any atom is -0.466 e. The fraction of sp³-hybridized carbons (Fsp3) is 0.476. The van der Waals surface area contributed by atoms with Crippen molar-refractivity contribution in [2.24, 2.45) is 16.6 Å². The molecule has 0 aromatic heterocycles. The van der Waals surface area contributed by atoms with Gasteiger partial charge in [-0.25, -0.2) is 9.59 Å². The van der Waals surface area contributed by atoms with E-state index in [2.05, 4.69) is 27.6 Å². The van der Waals surface area contributed by atoms with E-state index in [9.17, 15) is 19.2 Å². The summed E-state index contributed by atoms with van der Waals surface area (Å²) in [4.78, 5) is 52.8. The number of carbonyl (C=O) groups is 4. The van der Waals surface area contributed by atoms with Gasteiger partial charge in [-0.05, 0) is 37.1 Å². The topological polar surface area (TPSA) is 178 Å². The molecule has 1 aliphatic heterocycles. The molecule has 2 rings (SSSR count). The van der Waals surface area contributed by atoms with Crippen molar-refractivity contribution in [1.29, 1.82) is 0 Å². The van der Waals surface area contributed by atoms with Gasteiger partial charge in [0.1, 0.15) is 6.04 Å². The largest absolute Gasteiger partial charge is 0.466 e. The van der Waals surface area contributed by atoms with Gasteiger partial charge in [-0.3, -0.25) is 14.4 Å². The first kappa shape index (κ1) is 25.4.